The van der Waals surface area contributed by atoms with Gasteiger partial charge in [0, 0.05) is 6.04 Å². The lowest BCUT2D eigenvalue weighted by atomic mass is 9.99. The van der Waals surface area contributed by atoms with Crippen molar-refractivity contribution < 1.29 is 4.74 Å². The zero-order valence-corrected chi connectivity index (χ0v) is 11.4. The van der Waals surface area contributed by atoms with Gasteiger partial charge in [-0.25, -0.2) is 0 Å². The second kappa shape index (κ2) is 6.65. The first-order chi connectivity index (χ1) is 8.04. The second-order valence-electron chi connectivity index (χ2n) is 5.10. The molecule has 0 bridgehead atoms. The van der Waals surface area contributed by atoms with Gasteiger partial charge in [0.05, 0.1) is 0 Å². The Labute approximate surface area is 105 Å². The molecule has 0 aliphatic heterocycles. The molecule has 1 aromatic carbocycles. The molecule has 1 rings (SSSR count). The average Bonchev–Trinajstić information content (AvgIpc) is 2.35. The summed E-state index contributed by atoms with van der Waals surface area (Å²) in [6.45, 7) is 9.25. The summed E-state index contributed by atoms with van der Waals surface area (Å²) < 4.78 is 5.67. The SMILES string of the molecule is CCC(C)c1ccc(OCC(N)C(C)C)cc1. The van der Waals surface area contributed by atoms with E-state index in [0.29, 0.717) is 18.4 Å². The highest BCUT2D eigenvalue weighted by atomic mass is 16.5. The molecule has 1 aromatic rings. The Kier molecular flexibility index (Phi) is 5.49. The number of nitrogens with two attached hydrogens (primary N) is 1. The van der Waals surface area contributed by atoms with Crippen molar-refractivity contribution in [2.75, 3.05) is 6.61 Å². The standard InChI is InChI=1S/C15H25NO/c1-5-12(4)13-6-8-14(9-7-13)17-10-15(16)11(2)3/h6-9,11-12,15H,5,10,16H2,1-4H3. The van der Waals surface area contributed by atoms with Crippen molar-refractivity contribution in [2.24, 2.45) is 11.7 Å². The Morgan fingerprint density at radius 2 is 1.71 bits per heavy atom. The molecule has 17 heavy (non-hydrogen) atoms. The molecule has 0 aliphatic carbocycles. The zero-order valence-electron chi connectivity index (χ0n) is 11.4. The summed E-state index contributed by atoms with van der Waals surface area (Å²) in [6, 6.07) is 8.46. The smallest absolute Gasteiger partial charge is 0.119 e. The molecule has 0 radical (unpaired) electrons. The highest BCUT2D eigenvalue weighted by molar-refractivity contribution is 5.29. The molecule has 2 atom stereocenters. The van der Waals surface area contributed by atoms with E-state index in [2.05, 4.69) is 39.8 Å². The second-order valence-corrected chi connectivity index (χ2v) is 5.10. The third-order valence-electron chi connectivity index (χ3n) is 3.36. The minimum absolute atomic E-state index is 0.101. The largest absolute Gasteiger partial charge is 0.492 e. The van der Waals surface area contributed by atoms with Crippen LogP contribution in [0.5, 0.6) is 5.75 Å². The third kappa shape index (κ3) is 4.39. The number of ether oxygens (including phenoxy) is 1. The minimum atomic E-state index is 0.101. The van der Waals surface area contributed by atoms with Crippen molar-refractivity contribution in [1.82, 2.24) is 0 Å². The van der Waals surface area contributed by atoms with E-state index in [9.17, 15) is 0 Å². The van der Waals surface area contributed by atoms with Gasteiger partial charge in [-0.15, -0.1) is 0 Å². The Bertz CT molecular complexity index is 318. The molecule has 0 heterocycles. The number of hydrogen-bond donors (Lipinski definition) is 1. The van der Waals surface area contributed by atoms with Crippen LogP contribution < -0.4 is 10.5 Å². The van der Waals surface area contributed by atoms with E-state index < -0.39 is 0 Å². The maximum Gasteiger partial charge on any atom is 0.119 e. The predicted octanol–water partition coefficient (Wildman–Crippen LogP) is 3.56. The third-order valence-corrected chi connectivity index (χ3v) is 3.36. The molecule has 2 N–H and O–H groups in total. The summed E-state index contributed by atoms with van der Waals surface area (Å²) in [5.74, 6) is 1.98. The van der Waals surface area contributed by atoms with Gasteiger partial charge < -0.3 is 10.5 Å². The summed E-state index contributed by atoms with van der Waals surface area (Å²) in [4.78, 5) is 0. The molecule has 0 spiro atoms. The van der Waals surface area contributed by atoms with E-state index in [1.165, 1.54) is 12.0 Å². The van der Waals surface area contributed by atoms with Crippen molar-refractivity contribution in [3.8, 4) is 5.75 Å². The van der Waals surface area contributed by atoms with Crippen LogP contribution in [-0.2, 0) is 0 Å². The van der Waals surface area contributed by atoms with Crippen molar-refractivity contribution in [1.29, 1.82) is 0 Å². The highest BCUT2D eigenvalue weighted by Crippen LogP contribution is 2.21. The maximum absolute atomic E-state index is 5.94. The minimum Gasteiger partial charge on any atom is -0.492 e. The Morgan fingerprint density at radius 3 is 2.18 bits per heavy atom. The number of benzene rings is 1. The molecule has 0 saturated carbocycles. The topological polar surface area (TPSA) is 35.2 Å². The molecule has 2 unspecified atom stereocenters. The molecule has 0 amide bonds. The van der Waals surface area contributed by atoms with E-state index in [0.717, 1.165) is 5.75 Å². The van der Waals surface area contributed by atoms with Gasteiger partial charge in [0.15, 0.2) is 0 Å². The summed E-state index contributed by atoms with van der Waals surface area (Å²) >= 11 is 0. The van der Waals surface area contributed by atoms with Crippen LogP contribution in [0.2, 0.25) is 0 Å². The molecule has 0 aliphatic rings. The van der Waals surface area contributed by atoms with Crippen LogP contribution in [-0.4, -0.2) is 12.6 Å². The monoisotopic (exact) mass is 235 g/mol. The first-order valence-corrected chi connectivity index (χ1v) is 6.53. The van der Waals surface area contributed by atoms with Crippen molar-refractivity contribution in [2.45, 2.75) is 46.1 Å². The van der Waals surface area contributed by atoms with Gasteiger partial charge in [-0.05, 0) is 36.0 Å². The van der Waals surface area contributed by atoms with Gasteiger partial charge in [-0.1, -0.05) is 39.8 Å². The molecular formula is C15H25NO. The van der Waals surface area contributed by atoms with Crippen molar-refractivity contribution >= 4 is 0 Å². The quantitative estimate of drug-likeness (QED) is 0.818. The van der Waals surface area contributed by atoms with E-state index in [-0.39, 0.29) is 6.04 Å². The van der Waals surface area contributed by atoms with Crippen molar-refractivity contribution in [3.05, 3.63) is 29.8 Å². The van der Waals surface area contributed by atoms with Gasteiger partial charge >= 0.3 is 0 Å². The first kappa shape index (κ1) is 14.0. The molecular weight excluding hydrogens is 210 g/mol. The van der Waals surface area contributed by atoms with Gasteiger partial charge in [0.25, 0.3) is 0 Å². The summed E-state index contributed by atoms with van der Waals surface area (Å²) in [6.07, 6.45) is 1.17. The van der Waals surface area contributed by atoms with Crippen LogP contribution in [0.3, 0.4) is 0 Å². The van der Waals surface area contributed by atoms with Gasteiger partial charge in [-0.2, -0.15) is 0 Å². The molecule has 0 aromatic heterocycles. The molecule has 96 valence electrons. The highest BCUT2D eigenvalue weighted by Gasteiger charge is 2.08. The van der Waals surface area contributed by atoms with Gasteiger partial charge in [-0.3, -0.25) is 0 Å². The Hall–Kier alpha value is -1.02. The summed E-state index contributed by atoms with van der Waals surface area (Å²) in [7, 11) is 0. The van der Waals surface area contributed by atoms with E-state index in [1.807, 2.05) is 12.1 Å². The van der Waals surface area contributed by atoms with Gasteiger partial charge in [0.2, 0.25) is 0 Å². The van der Waals surface area contributed by atoms with Gasteiger partial charge in [0.1, 0.15) is 12.4 Å². The zero-order chi connectivity index (χ0) is 12.8. The van der Waals surface area contributed by atoms with E-state index >= 15 is 0 Å². The first-order valence-electron chi connectivity index (χ1n) is 6.53. The maximum atomic E-state index is 5.94. The Balaban J connectivity index is 2.51. The van der Waals surface area contributed by atoms with Crippen LogP contribution >= 0.6 is 0 Å². The van der Waals surface area contributed by atoms with Crippen molar-refractivity contribution in [3.63, 3.8) is 0 Å². The number of rotatable bonds is 6. The van der Waals surface area contributed by atoms with Crippen LogP contribution in [0.25, 0.3) is 0 Å². The lowest BCUT2D eigenvalue weighted by molar-refractivity contribution is 0.259. The normalized spacial score (nSPS) is 14.7. The molecule has 0 fully saturated rings. The fourth-order valence-corrected chi connectivity index (χ4v) is 1.51. The van der Waals surface area contributed by atoms with E-state index in [1.54, 1.807) is 0 Å². The van der Waals surface area contributed by atoms with E-state index in [4.69, 9.17) is 10.5 Å². The Morgan fingerprint density at radius 1 is 1.12 bits per heavy atom. The van der Waals surface area contributed by atoms with Crippen LogP contribution in [0, 0.1) is 5.92 Å². The molecule has 2 nitrogen and oxygen atoms in total. The predicted molar refractivity (Wildman–Crippen MR) is 73.5 cm³/mol. The molecule has 2 heteroatoms. The fraction of sp³-hybridized carbons (Fsp3) is 0.600. The lowest BCUT2D eigenvalue weighted by Crippen LogP contribution is -2.32. The van der Waals surface area contributed by atoms with Crippen LogP contribution in [0.1, 0.15) is 45.6 Å². The lowest BCUT2D eigenvalue weighted by Gasteiger charge is -2.17. The summed E-state index contributed by atoms with van der Waals surface area (Å²) in [5, 5.41) is 0. The fourth-order valence-electron chi connectivity index (χ4n) is 1.51. The van der Waals surface area contributed by atoms with Crippen LogP contribution in [0.4, 0.5) is 0 Å². The summed E-state index contributed by atoms with van der Waals surface area (Å²) in [5.41, 5.74) is 7.31. The number of hydrogen-bond acceptors (Lipinski definition) is 2. The average molecular weight is 235 g/mol. The molecule has 0 saturated heterocycles. The van der Waals surface area contributed by atoms with Crippen LogP contribution in [0.15, 0.2) is 24.3 Å².